The van der Waals surface area contributed by atoms with Gasteiger partial charge in [-0.25, -0.2) is 4.79 Å². The van der Waals surface area contributed by atoms with Crippen LogP contribution in [0.3, 0.4) is 0 Å². The van der Waals surface area contributed by atoms with Crippen molar-refractivity contribution in [2.45, 2.75) is 109 Å². The van der Waals surface area contributed by atoms with Crippen molar-refractivity contribution >= 4 is 11.9 Å². The van der Waals surface area contributed by atoms with E-state index in [1.807, 2.05) is 0 Å². The minimum Gasteiger partial charge on any atom is -1.00 e. The predicted octanol–water partition coefficient (Wildman–Crippen LogP) is 1.73. The maximum absolute atomic E-state index is 12.0. The van der Waals surface area contributed by atoms with Crippen LogP contribution in [-0.4, -0.2) is 46.1 Å². The van der Waals surface area contributed by atoms with Crippen LogP contribution in [0.4, 0.5) is 0 Å². The Balaban J connectivity index is 0. The first kappa shape index (κ1) is 31.1. The molecule has 0 spiro atoms. The van der Waals surface area contributed by atoms with E-state index >= 15 is 0 Å². The second-order valence-corrected chi connectivity index (χ2v) is 8.10. The predicted molar refractivity (Wildman–Crippen MR) is 119 cm³/mol. The third kappa shape index (κ3) is 13.0. The molecule has 0 fully saturated rings. The van der Waals surface area contributed by atoms with Crippen LogP contribution in [0.5, 0.6) is 0 Å². The number of allylic oxidation sites excluding steroid dienone is 2. The summed E-state index contributed by atoms with van der Waals surface area (Å²) in [6, 6.07) is 0. The van der Waals surface area contributed by atoms with E-state index in [0.29, 0.717) is 6.42 Å². The van der Waals surface area contributed by atoms with Crippen LogP contribution in [0.15, 0.2) is 23.7 Å². The van der Waals surface area contributed by atoms with Crippen molar-refractivity contribution in [1.82, 2.24) is 0 Å². The van der Waals surface area contributed by atoms with E-state index in [1.165, 1.54) is 44.9 Å². The van der Waals surface area contributed by atoms with E-state index in [4.69, 9.17) is 14.6 Å². The summed E-state index contributed by atoms with van der Waals surface area (Å²) in [5.41, 5.74) is 0. The van der Waals surface area contributed by atoms with Crippen molar-refractivity contribution in [2.24, 2.45) is 0 Å². The van der Waals surface area contributed by atoms with Crippen molar-refractivity contribution in [3.8, 4) is 0 Å². The first-order valence-corrected chi connectivity index (χ1v) is 11.8. The molecule has 0 unspecified atom stereocenters. The summed E-state index contributed by atoms with van der Waals surface area (Å²) in [6.07, 6.45) is 16.9. The van der Waals surface area contributed by atoms with E-state index < -0.39 is 42.3 Å². The zero-order chi connectivity index (χ0) is 22.9. The molecule has 1 heterocycles. The summed E-state index contributed by atoms with van der Waals surface area (Å²) in [5.74, 6) is -2.95. The molecule has 7 nitrogen and oxygen atoms in total. The van der Waals surface area contributed by atoms with Gasteiger partial charge in [0, 0.05) is 6.42 Å². The molecule has 0 saturated carbocycles. The fourth-order valence-corrected chi connectivity index (χ4v) is 3.43. The van der Waals surface area contributed by atoms with Gasteiger partial charge < -0.3 is 26.2 Å². The van der Waals surface area contributed by atoms with Crippen molar-refractivity contribution < 1.29 is 65.4 Å². The number of cyclic esters (lactones) is 1. The number of hydrogen-bond acceptors (Lipinski definition) is 7. The van der Waals surface area contributed by atoms with E-state index in [0.717, 1.165) is 32.1 Å². The fourth-order valence-electron chi connectivity index (χ4n) is 3.43. The quantitative estimate of drug-likeness (QED) is 0.123. The van der Waals surface area contributed by atoms with Gasteiger partial charge in [-0.3, -0.25) is 4.79 Å². The SMILES string of the molecule is CCCCCCCC/C=C\CCCCCCCC(=O)OC1=C(O)C(=O)O[C@@H]1[C@@H](O)CO.[H-].[Na+]. The third-order valence-electron chi connectivity index (χ3n) is 5.32. The Morgan fingerprint density at radius 3 is 2.12 bits per heavy atom. The number of unbranched alkanes of at least 4 members (excludes halogenated alkanes) is 11. The molecule has 0 bridgehead atoms. The molecule has 0 saturated heterocycles. The summed E-state index contributed by atoms with van der Waals surface area (Å²) in [4.78, 5) is 23.3. The minimum absolute atomic E-state index is 0. The molecule has 1 aliphatic heterocycles. The zero-order valence-corrected chi connectivity index (χ0v) is 21.9. The zero-order valence-electron chi connectivity index (χ0n) is 20.9. The molecule has 2 atom stereocenters. The van der Waals surface area contributed by atoms with Gasteiger partial charge in [0.05, 0.1) is 6.61 Å². The van der Waals surface area contributed by atoms with Crippen molar-refractivity contribution in [1.29, 1.82) is 0 Å². The van der Waals surface area contributed by atoms with Gasteiger partial charge in [0.2, 0.25) is 11.5 Å². The molecule has 0 aromatic carbocycles. The molecular weight excluding hydrogens is 423 g/mol. The molecule has 8 heteroatoms. The maximum atomic E-state index is 12.0. The van der Waals surface area contributed by atoms with Crippen LogP contribution >= 0.6 is 0 Å². The molecule has 0 aliphatic carbocycles. The Bertz CT molecular complexity index is 595. The van der Waals surface area contributed by atoms with E-state index in [2.05, 4.69) is 19.1 Å². The van der Waals surface area contributed by atoms with E-state index in [-0.39, 0.29) is 37.4 Å². The van der Waals surface area contributed by atoms with E-state index in [1.54, 1.807) is 0 Å². The minimum atomic E-state index is -1.46. The number of carbonyl (C=O) groups excluding carboxylic acids is 2. The van der Waals surface area contributed by atoms with Crippen LogP contribution in [0.1, 0.15) is 98.2 Å². The topological polar surface area (TPSA) is 113 Å². The largest absolute Gasteiger partial charge is 1.00 e. The third-order valence-corrected chi connectivity index (χ3v) is 5.32. The average Bonchev–Trinajstić information content (AvgIpc) is 3.04. The number of carbonyl (C=O) groups is 2. The molecular formula is C24H41NaO7. The molecule has 32 heavy (non-hydrogen) atoms. The van der Waals surface area contributed by atoms with E-state index in [9.17, 15) is 19.8 Å². The van der Waals surface area contributed by atoms with Gasteiger partial charge in [0.25, 0.3) is 0 Å². The summed E-state index contributed by atoms with van der Waals surface area (Å²) >= 11 is 0. The smallest absolute Gasteiger partial charge is 1.00 e. The van der Waals surface area contributed by atoms with Crippen molar-refractivity contribution in [3.63, 3.8) is 0 Å². The Labute approximate surface area is 216 Å². The van der Waals surface area contributed by atoms with Crippen LogP contribution in [0.2, 0.25) is 0 Å². The molecule has 0 radical (unpaired) electrons. The molecule has 0 amide bonds. The van der Waals surface area contributed by atoms with Crippen molar-refractivity contribution in [2.75, 3.05) is 6.61 Å². The maximum Gasteiger partial charge on any atom is 1.00 e. The van der Waals surface area contributed by atoms with Crippen molar-refractivity contribution in [3.05, 3.63) is 23.7 Å². The Kier molecular flexibility index (Phi) is 19.1. The summed E-state index contributed by atoms with van der Waals surface area (Å²) < 4.78 is 9.73. The van der Waals surface area contributed by atoms with Gasteiger partial charge in [-0.05, 0) is 32.1 Å². The number of hydrogen-bond donors (Lipinski definition) is 3. The van der Waals surface area contributed by atoms with Crippen LogP contribution in [0, 0.1) is 0 Å². The van der Waals surface area contributed by atoms with Gasteiger partial charge in [0.15, 0.2) is 6.10 Å². The van der Waals surface area contributed by atoms with Crippen LogP contribution < -0.4 is 29.6 Å². The fraction of sp³-hybridized carbons (Fsp3) is 0.750. The van der Waals surface area contributed by atoms with Gasteiger partial charge in [-0.2, -0.15) is 0 Å². The summed E-state index contributed by atoms with van der Waals surface area (Å²) in [6.45, 7) is 1.54. The molecule has 1 aliphatic rings. The normalized spacial score (nSPS) is 16.8. The number of ether oxygens (including phenoxy) is 2. The van der Waals surface area contributed by atoms with Crippen LogP contribution in [0.25, 0.3) is 0 Å². The summed E-state index contributed by atoms with van der Waals surface area (Å²) in [5, 5.41) is 28.3. The first-order valence-electron chi connectivity index (χ1n) is 11.8. The van der Waals surface area contributed by atoms with Gasteiger partial charge in [-0.1, -0.05) is 70.4 Å². The monoisotopic (exact) mass is 464 g/mol. The molecule has 0 aromatic heterocycles. The molecule has 180 valence electrons. The Morgan fingerprint density at radius 1 is 1.03 bits per heavy atom. The Morgan fingerprint density at radius 2 is 1.56 bits per heavy atom. The van der Waals surface area contributed by atoms with Crippen LogP contribution in [-0.2, 0) is 19.1 Å². The molecule has 3 N–H and O–H groups in total. The number of esters is 2. The van der Waals surface area contributed by atoms with Gasteiger partial charge >= 0.3 is 41.5 Å². The summed E-state index contributed by atoms with van der Waals surface area (Å²) in [7, 11) is 0. The Hall–Kier alpha value is -0.860. The second-order valence-electron chi connectivity index (χ2n) is 8.10. The number of aliphatic hydroxyl groups excluding tert-OH is 3. The average molecular weight is 465 g/mol. The number of rotatable bonds is 18. The number of aliphatic hydroxyl groups is 3. The first-order chi connectivity index (χ1) is 15.0. The molecule has 1 rings (SSSR count). The van der Waals surface area contributed by atoms with Gasteiger partial charge in [-0.15, -0.1) is 0 Å². The molecule has 0 aromatic rings. The van der Waals surface area contributed by atoms with Gasteiger partial charge in [0.1, 0.15) is 6.10 Å². The second kappa shape index (κ2) is 19.6. The standard InChI is InChI=1S/C24H40O7.Na.H/c1-2-3-4-5-6-7-8-9-10-11-12-13-14-15-16-17-20(27)30-23-21(28)24(29)31-22(23)19(26)18-25;;/h9-10,19,22,25-26,28H,2-8,11-18H2,1H3;;/q;+1;-1/b10-9-;;/t19-,22+;;/m0../s1.